The molecule has 2 heterocycles. The lowest BCUT2D eigenvalue weighted by Crippen LogP contribution is -2.51. The summed E-state index contributed by atoms with van der Waals surface area (Å²) in [7, 11) is 0. The van der Waals surface area contributed by atoms with Crippen LogP contribution in [0.3, 0.4) is 0 Å². The molecule has 6 heteroatoms. The van der Waals surface area contributed by atoms with Crippen LogP contribution in [0, 0.1) is 23.2 Å². The van der Waals surface area contributed by atoms with Crippen molar-refractivity contribution >= 4 is 5.91 Å². The second-order valence-corrected chi connectivity index (χ2v) is 7.32. The van der Waals surface area contributed by atoms with Gasteiger partial charge in [0.1, 0.15) is 5.54 Å². The molecule has 2 aliphatic heterocycles. The van der Waals surface area contributed by atoms with Crippen molar-refractivity contribution in [1.82, 2.24) is 15.1 Å². The summed E-state index contributed by atoms with van der Waals surface area (Å²) in [6, 6.07) is 2.23. The van der Waals surface area contributed by atoms with E-state index in [-0.39, 0.29) is 11.8 Å². The highest BCUT2D eigenvalue weighted by Crippen LogP contribution is 2.19. The number of nitriles is 1. The SMILES string of the molecule is CC(C)[C@@](C)(C#N)NC(=O)CN1CC[C@H](CN2CCOCC2)C1. The molecule has 130 valence electrons. The van der Waals surface area contributed by atoms with E-state index in [4.69, 9.17) is 4.74 Å². The van der Waals surface area contributed by atoms with Crippen LogP contribution in [0.25, 0.3) is 0 Å². The van der Waals surface area contributed by atoms with Crippen molar-refractivity contribution in [1.29, 1.82) is 5.26 Å². The van der Waals surface area contributed by atoms with Crippen LogP contribution < -0.4 is 5.32 Å². The van der Waals surface area contributed by atoms with E-state index in [1.54, 1.807) is 6.92 Å². The first-order valence-corrected chi connectivity index (χ1v) is 8.67. The Labute approximate surface area is 139 Å². The molecule has 0 aromatic carbocycles. The van der Waals surface area contributed by atoms with E-state index in [0.29, 0.717) is 12.5 Å². The molecule has 2 atom stereocenters. The summed E-state index contributed by atoms with van der Waals surface area (Å²) in [6.45, 7) is 12.8. The van der Waals surface area contributed by atoms with E-state index >= 15 is 0 Å². The Balaban J connectivity index is 1.74. The summed E-state index contributed by atoms with van der Waals surface area (Å²) in [5.41, 5.74) is -0.788. The lowest BCUT2D eigenvalue weighted by atomic mass is 9.90. The second-order valence-electron chi connectivity index (χ2n) is 7.32. The number of hydrogen-bond donors (Lipinski definition) is 1. The number of rotatable bonds is 6. The van der Waals surface area contributed by atoms with E-state index in [2.05, 4.69) is 21.2 Å². The molecule has 2 rings (SSSR count). The van der Waals surface area contributed by atoms with Gasteiger partial charge in [0.05, 0.1) is 25.8 Å². The van der Waals surface area contributed by atoms with Crippen LogP contribution >= 0.6 is 0 Å². The minimum absolute atomic E-state index is 0.0465. The van der Waals surface area contributed by atoms with Crippen molar-refractivity contribution in [3.05, 3.63) is 0 Å². The number of amides is 1. The van der Waals surface area contributed by atoms with Gasteiger partial charge in [-0.05, 0) is 31.7 Å². The van der Waals surface area contributed by atoms with Gasteiger partial charge in [-0.1, -0.05) is 13.8 Å². The summed E-state index contributed by atoms with van der Waals surface area (Å²) in [6.07, 6.45) is 1.14. The lowest BCUT2D eigenvalue weighted by Gasteiger charge is -2.29. The maximum absolute atomic E-state index is 12.2. The monoisotopic (exact) mass is 322 g/mol. The van der Waals surface area contributed by atoms with E-state index in [0.717, 1.165) is 52.4 Å². The average Bonchev–Trinajstić information content (AvgIpc) is 2.94. The van der Waals surface area contributed by atoms with Crippen molar-refractivity contribution in [2.75, 3.05) is 52.5 Å². The van der Waals surface area contributed by atoms with Crippen LogP contribution in [0.5, 0.6) is 0 Å². The minimum atomic E-state index is -0.788. The van der Waals surface area contributed by atoms with E-state index in [9.17, 15) is 10.1 Å². The van der Waals surface area contributed by atoms with Gasteiger partial charge < -0.3 is 10.1 Å². The van der Waals surface area contributed by atoms with Gasteiger partial charge in [0.25, 0.3) is 0 Å². The van der Waals surface area contributed by atoms with Crippen LogP contribution in [0.2, 0.25) is 0 Å². The summed E-state index contributed by atoms with van der Waals surface area (Å²) in [4.78, 5) is 16.9. The van der Waals surface area contributed by atoms with Gasteiger partial charge in [0.2, 0.25) is 5.91 Å². The number of nitrogens with zero attached hydrogens (tertiary/aromatic N) is 3. The molecular formula is C17H30N4O2. The third-order valence-electron chi connectivity index (χ3n) is 5.14. The molecule has 2 fully saturated rings. The molecule has 23 heavy (non-hydrogen) atoms. The number of ether oxygens (including phenoxy) is 1. The Morgan fingerprint density at radius 2 is 2.04 bits per heavy atom. The fourth-order valence-electron chi connectivity index (χ4n) is 3.19. The van der Waals surface area contributed by atoms with Gasteiger partial charge in [-0.2, -0.15) is 5.26 Å². The molecule has 0 unspecified atom stereocenters. The van der Waals surface area contributed by atoms with E-state index in [1.807, 2.05) is 13.8 Å². The molecule has 0 saturated carbocycles. The largest absolute Gasteiger partial charge is 0.379 e. The molecule has 0 aromatic rings. The Hall–Kier alpha value is -1.16. The lowest BCUT2D eigenvalue weighted by molar-refractivity contribution is -0.123. The van der Waals surface area contributed by atoms with Gasteiger partial charge in [-0.15, -0.1) is 0 Å². The number of likely N-dealkylation sites (tertiary alicyclic amines) is 1. The molecule has 1 amide bonds. The number of nitrogens with one attached hydrogen (secondary N) is 1. The Kier molecular flexibility index (Phi) is 6.40. The summed E-state index contributed by atoms with van der Waals surface area (Å²) in [5, 5.41) is 12.2. The fraction of sp³-hybridized carbons (Fsp3) is 0.882. The maximum atomic E-state index is 12.2. The van der Waals surface area contributed by atoms with Crippen LogP contribution in [-0.2, 0) is 9.53 Å². The first-order valence-electron chi connectivity index (χ1n) is 8.67. The van der Waals surface area contributed by atoms with Gasteiger partial charge in [0, 0.05) is 26.2 Å². The van der Waals surface area contributed by atoms with Crippen LogP contribution in [-0.4, -0.2) is 73.7 Å². The highest BCUT2D eigenvalue weighted by Gasteiger charge is 2.32. The number of hydrogen-bond acceptors (Lipinski definition) is 5. The fourth-order valence-corrected chi connectivity index (χ4v) is 3.19. The third-order valence-corrected chi connectivity index (χ3v) is 5.14. The standard InChI is InChI=1S/C17H30N4O2/c1-14(2)17(3,13-18)19-16(22)12-21-5-4-15(11-21)10-20-6-8-23-9-7-20/h14-15H,4-12H2,1-3H3,(H,19,22)/t15-,17-/m1/s1. The molecule has 2 aliphatic rings. The van der Waals surface area contributed by atoms with E-state index < -0.39 is 5.54 Å². The van der Waals surface area contributed by atoms with Gasteiger partial charge in [-0.3, -0.25) is 14.6 Å². The average molecular weight is 322 g/mol. The predicted octanol–water partition coefficient (Wildman–Crippen LogP) is 0.695. The quantitative estimate of drug-likeness (QED) is 0.779. The van der Waals surface area contributed by atoms with Gasteiger partial charge in [0.15, 0.2) is 0 Å². The highest BCUT2D eigenvalue weighted by molar-refractivity contribution is 5.79. The summed E-state index contributed by atoms with van der Waals surface area (Å²) < 4.78 is 5.38. The zero-order valence-corrected chi connectivity index (χ0v) is 14.7. The molecule has 0 aromatic heterocycles. The molecule has 0 bridgehead atoms. The van der Waals surface area contributed by atoms with Crippen molar-refractivity contribution in [3.63, 3.8) is 0 Å². The molecule has 1 N–H and O–H groups in total. The minimum Gasteiger partial charge on any atom is -0.379 e. The topological polar surface area (TPSA) is 68.6 Å². The molecule has 2 saturated heterocycles. The predicted molar refractivity (Wildman–Crippen MR) is 88.8 cm³/mol. The van der Waals surface area contributed by atoms with Crippen molar-refractivity contribution in [2.24, 2.45) is 11.8 Å². The zero-order chi connectivity index (χ0) is 16.9. The van der Waals surface area contributed by atoms with Gasteiger partial charge in [-0.25, -0.2) is 0 Å². The second kappa shape index (κ2) is 8.09. The normalized spacial score (nSPS) is 26.0. The van der Waals surface area contributed by atoms with Crippen molar-refractivity contribution in [2.45, 2.75) is 32.7 Å². The first kappa shape index (κ1) is 18.2. The van der Waals surface area contributed by atoms with Crippen LogP contribution in [0.4, 0.5) is 0 Å². The molecule has 0 spiro atoms. The molecule has 6 nitrogen and oxygen atoms in total. The van der Waals surface area contributed by atoms with Crippen LogP contribution in [0.15, 0.2) is 0 Å². The van der Waals surface area contributed by atoms with E-state index in [1.165, 1.54) is 0 Å². The smallest absolute Gasteiger partial charge is 0.235 e. The number of carbonyl (C=O) groups excluding carboxylic acids is 1. The van der Waals surface area contributed by atoms with Crippen LogP contribution in [0.1, 0.15) is 27.2 Å². The molecule has 0 aliphatic carbocycles. The Bertz CT molecular complexity index is 442. The molecular weight excluding hydrogens is 292 g/mol. The first-order chi connectivity index (χ1) is 10.9. The molecule has 0 radical (unpaired) electrons. The zero-order valence-electron chi connectivity index (χ0n) is 14.7. The number of carbonyl (C=O) groups is 1. The van der Waals surface area contributed by atoms with Crippen molar-refractivity contribution < 1.29 is 9.53 Å². The summed E-state index contributed by atoms with van der Waals surface area (Å²) in [5.74, 6) is 0.673. The van der Waals surface area contributed by atoms with Crippen molar-refractivity contribution in [3.8, 4) is 6.07 Å². The number of morpholine rings is 1. The Morgan fingerprint density at radius 1 is 1.35 bits per heavy atom. The Morgan fingerprint density at radius 3 is 2.65 bits per heavy atom. The maximum Gasteiger partial charge on any atom is 0.235 e. The van der Waals surface area contributed by atoms with Gasteiger partial charge >= 0.3 is 0 Å². The third kappa shape index (κ3) is 5.17. The summed E-state index contributed by atoms with van der Waals surface area (Å²) >= 11 is 0. The highest BCUT2D eigenvalue weighted by atomic mass is 16.5.